The third-order valence-corrected chi connectivity index (χ3v) is 7.69. The normalized spacial score (nSPS) is 18.7. The van der Waals surface area contributed by atoms with Crippen LogP contribution in [0.15, 0.2) is 33.3 Å². The lowest BCUT2D eigenvalue weighted by Gasteiger charge is -2.33. The van der Waals surface area contributed by atoms with Crippen molar-refractivity contribution < 1.29 is 13.2 Å². The second-order valence-electron chi connectivity index (χ2n) is 7.37. The Labute approximate surface area is 182 Å². The zero-order chi connectivity index (χ0) is 21.8. The molecule has 2 aliphatic heterocycles. The summed E-state index contributed by atoms with van der Waals surface area (Å²) >= 11 is 6.18. The Morgan fingerprint density at radius 1 is 1.27 bits per heavy atom. The molecule has 1 saturated heterocycles. The van der Waals surface area contributed by atoms with Gasteiger partial charge < -0.3 is 10.2 Å². The van der Waals surface area contributed by atoms with E-state index < -0.39 is 21.6 Å². The van der Waals surface area contributed by atoms with Crippen molar-refractivity contribution in [2.75, 3.05) is 39.3 Å². The van der Waals surface area contributed by atoms with Gasteiger partial charge in [-0.25, -0.2) is 8.42 Å². The monoisotopic (exact) mass is 451 g/mol. The van der Waals surface area contributed by atoms with Gasteiger partial charge in [-0.2, -0.15) is 14.5 Å². The van der Waals surface area contributed by atoms with Crippen LogP contribution in [0.5, 0.6) is 0 Å². The molecule has 1 amide bonds. The standard InChI is InChI=1S/C20H26ClN5O3S/c1-3-5-8-20(23-24-20)9-10-22-19(27)17-15-16(6-7-18(17)21)30(28,29)26-13-11-25(4-2)12-14-26/h1,6-7,15H,4-5,8-14H2,2H3,(H,22,27). The number of carbonyl (C=O) groups is 1. The number of rotatable bonds is 9. The molecule has 3 rings (SSSR count). The van der Waals surface area contributed by atoms with E-state index in [-0.39, 0.29) is 15.5 Å². The molecule has 1 N–H and O–H groups in total. The molecule has 1 aromatic carbocycles. The van der Waals surface area contributed by atoms with Gasteiger partial charge in [0.05, 0.1) is 15.5 Å². The van der Waals surface area contributed by atoms with Crippen molar-refractivity contribution in [3.05, 3.63) is 28.8 Å². The summed E-state index contributed by atoms with van der Waals surface area (Å²) in [5.74, 6) is 2.13. The van der Waals surface area contributed by atoms with Crippen LogP contribution in [0, 0.1) is 12.3 Å². The molecule has 2 aliphatic rings. The van der Waals surface area contributed by atoms with E-state index in [9.17, 15) is 13.2 Å². The number of hydrogen-bond acceptors (Lipinski definition) is 6. The lowest BCUT2D eigenvalue weighted by atomic mass is 10.0. The summed E-state index contributed by atoms with van der Waals surface area (Å²) in [4.78, 5) is 14.9. The van der Waals surface area contributed by atoms with Crippen molar-refractivity contribution in [3.63, 3.8) is 0 Å². The molecule has 10 heteroatoms. The first-order valence-electron chi connectivity index (χ1n) is 9.99. The summed E-state index contributed by atoms with van der Waals surface area (Å²) in [7, 11) is -3.69. The number of terminal acetylenes is 1. The fraction of sp³-hybridized carbons (Fsp3) is 0.550. The van der Waals surface area contributed by atoms with Gasteiger partial charge in [0.2, 0.25) is 10.0 Å². The number of nitrogens with one attached hydrogen (secondary N) is 1. The molecule has 0 bridgehead atoms. The lowest BCUT2D eigenvalue weighted by Crippen LogP contribution is -2.48. The zero-order valence-electron chi connectivity index (χ0n) is 17.0. The SMILES string of the molecule is C#CCCC1(CCNC(=O)c2cc(S(=O)(=O)N3CCN(CC)CC3)ccc2Cl)N=N1. The smallest absolute Gasteiger partial charge is 0.252 e. The van der Waals surface area contributed by atoms with Crippen molar-refractivity contribution in [1.29, 1.82) is 0 Å². The van der Waals surface area contributed by atoms with Crippen LogP contribution >= 0.6 is 11.6 Å². The van der Waals surface area contributed by atoms with Gasteiger partial charge in [0.25, 0.3) is 5.91 Å². The molecule has 0 aliphatic carbocycles. The van der Waals surface area contributed by atoms with Crippen LogP contribution in [0.25, 0.3) is 0 Å². The van der Waals surface area contributed by atoms with E-state index in [1.165, 1.54) is 22.5 Å². The van der Waals surface area contributed by atoms with Crippen LogP contribution < -0.4 is 5.32 Å². The largest absolute Gasteiger partial charge is 0.352 e. The molecule has 0 unspecified atom stereocenters. The first-order chi connectivity index (χ1) is 14.3. The molecule has 2 heterocycles. The fourth-order valence-corrected chi connectivity index (χ4v) is 5.07. The molecular weight excluding hydrogens is 426 g/mol. The molecule has 8 nitrogen and oxygen atoms in total. The topological polar surface area (TPSA) is 94.4 Å². The van der Waals surface area contributed by atoms with E-state index >= 15 is 0 Å². The fourth-order valence-electron chi connectivity index (χ4n) is 3.41. The van der Waals surface area contributed by atoms with Crippen LogP contribution in [-0.4, -0.2) is 68.5 Å². The highest BCUT2D eigenvalue weighted by molar-refractivity contribution is 7.89. The summed E-state index contributed by atoms with van der Waals surface area (Å²) in [6.07, 6.45) is 7.04. The van der Waals surface area contributed by atoms with Crippen molar-refractivity contribution >= 4 is 27.5 Å². The Morgan fingerprint density at radius 3 is 2.57 bits per heavy atom. The van der Waals surface area contributed by atoms with E-state index in [1.807, 2.05) is 0 Å². The van der Waals surface area contributed by atoms with Crippen molar-refractivity contribution in [2.24, 2.45) is 10.2 Å². The predicted octanol–water partition coefficient (Wildman–Crippen LogP) is 2.36. The minimum atomic E-state index is -3.69. The first kappa shape index (κ1) is 22.7. The Balaban J connectivity index is 1.64. The highest BCUT2D eigenvalue weighted by atomic mass is 35.5. The zero-order valence-corrected chi connectivity index (χ0v) is 18.5. The summed E-state index contributed by atoms with van der Waals surface area (Å²) < 4.78 is 27.5. The quantitative estimate of drug-likeness (QED) is 0.583. The van der Waals surface area contributed by atoms with Crippen LogP contribution in [0.4, 0.5) is 0 Å². The third-order valence-electron chi connectivity index (χ3n) is 5.46. The predicted molar refractivity (Wildman–Crippen MR) is 115 cm³/mol. The molecule has 0 saturated carbocycles. The molecule has 162 valence electrons. The number of nitrogens with zero attached hydrogens (tertiary/aromatic N) is 4. The van der Waals surface area contributed by atoms with Gasteiger partial charge >= 0.3 is 0 Å². The Bertz CT molecular complexity index is 959. The maximum absolute atomic E-state index is 13.0. The number of benzene rings is 1. The van der Waals surface area contributed by atoms with E-state index in [0.29, 0.717) is 52.0 Å². The van der Waals surface area contributed by atoms with E-state index in [0.717, 1.165) is 6.54 Å². The first-order valence-corrected chi connectivity index (χ1v) is 11.8. The van der Waals surface area contributed by atoms with Crippen LogP contribution in [-0.2, 0) is 10.0 Å². The highest BCUT2D eigenvalue weighted by Gasteiger charge is 2.38. The van der Waals surface area contributed by atoms with Gasteiger partial charge in [-0.1, -0.05) is 18.5 Å². The van der Waals surface area contributed by atoms with Gasteiger partial charge in [-0.05, 0) is 24.7 Å². The number of amides is 1. The van der Waals surface area contributed by atoms with Crippen molar-refractivity contribution in [1.82, 2.24) is 14.5 Å². The average molecular weight is 452 g/mol. The van der Waals surface area contributed by atoms with Gasteiger partial charge in [0.1, 0.15) is 0 Å². The summed E-state index contributed by atoms with van der Waals surface area (Å²) in [6, 6.07) is 4.24. The van der Waals surface area contributed by atoms with E-state index in [1.54, 1.807) is 0 Å². The molecule has 0 aromatic heterocycles. The highest BCUT2D eigenvalue weighted by Crippen LogP contribution is 2.36. The molecule has 1 fully saturated rings. The molecule has 0 radical (unpaired) electrons. The van der Waals surface area contributed by atoms with Crippen LogP contribution in [0.2, 0.25) is 5.02 Å². The second kappa shape index (κ2) is 9.43. The number of likely N-dealkylation sites (N-methyl/N-ethyl adjacent to an activating group) is 1. The van der Waals surface area contributed by atoms with Gasteiger partial charge in [0, 0.05) is 52.0 Å². The Kier molecular flexibility index (Phi) is 7.14. The molecular formula is C20H26ClN5O3S. The summed E-state index contributed by atoms with van der Waals surface area (Å²) in [5.41, 5.74) is -0.359. The van der Waals surface area contributed by atoms with Crippen LogP contribution in [0.3, 0.4) is 0 Å². The number of sulfonamides is 1. The number of hydrogen-bond donors (Lipinski definition) is 1. The Morgan fingerprint density at radius 2 is 1.97 bits per heavy atom. The lowest BCUT2D eigenvalue weighted by molar-refractivity contribution is 0.0952. The molecule has 0 atom stereocenters. The maximum atomic E-state index is 13.0. The molecule has 30 heavy (non-hydrogen) atoms. The number of halogens is 1. The van der Waals surface area contributed by atoms with Gasteiger partial charge in [-0.3, -0.25) is 4.79 Å². The van der Waals surface area contributed by atoms with E-state index in [4.69, 9.17) is 18.0 Å². The number of carbonyl (C=O) groups excluding carboxylic acids is 1. The maximum Gasteiger partial charge on any atom is 0.252 e. The molecule has 0 spiro atoms. The summed E-state index contributed by atoms with van der Waals surface area (Å²) in [5, 5.41) is 11.0. The van der Waals surface area contributed by atoms with E-state index in [2.05, 4.69) is 33.3 Å². The molecule has 1 aromatic rings. The summed E-state index contributed by atoms with van der Waals surface area (Å²) in [6.45, 7) is 5.51. The second-order valence-corrected chi connectivity index (χ2v) is 9.72. The minimum Gasteiger partial charge on any atom is -0.352 e. The Hall–Kier alpha value is -1.99. The van der Waals surface area contributed by atoms with Gasteiger partial charge in [0.15, 0.2) is 5.66 Å². The average Bonchev–Trinajstić information content (AvgIpc) is 3.52. The minimum absolute atomic E-state index is 0.0691. The van der Waals surface area contributed by atoms with Crippen LogP contribution in [0.1, 0.15) is 36.5 Å². The number of piperazine rings is 1. The van der Waals surface area contributed by atoms with Crippen molar-refractivity contribution in [2.45, 2.75) is 36.7 Å². The van der Waals surface area contributed by atoms with Crippen molar-refractivity contribution in [3.8, 4) is 12.3 Å². The van der Waals surface area contributed by atoms with Gasteiger partial charge in [-0.15, -0.1) is 12.3 Å². The third kappa shape index (κ3) is 5.19.